The molecule has 1 aromatic heterocycles. The Morgan fingerprint density at radius 1 is 1.14 bits per heavy atom. The molecule has 0 aliphatic heterocycles. The zero-order chi connectivity index (χ0) is 15.1. The number of pyridine rings is 1. The number of esters is 1. The average molecular weight is 284 g/mol. The minimum atomic E-state index is -0.371. The van der Waals surface area contributed by atoms with E-state index in [1.165, 1.54) is 0 Å². The molecule has 1 heterocycles. The summed E-state index contributed by atoms with van der Waals surface area (Å²) in [6.45, 7) is 2.09. The molecule has 0 atom stereocenters. The van der Waals surface area contributed by atoms with Crippen LogP contribution in [0.2, 0.25) is 0 Å². The molecule has 2 aromatic rings. The van der Waals surface area contributed by atoms with Gasteiger partial charge in [0.15, 0.2) is 0 Å². The molecule has 0 unspecified atom stereocenters. The quantitative estimate of drug-likeness (QED) is 0.856. The summed E-state index contributed by atoms with van der Waals surface area (Å²) in [5.41, 5.74) is 1.79. The van der Waals surface area contributed by atoms with Crippen LogP contribution in [0.25, 0.3) is 0 Å². The smallest absolute Gasteiger partial charge is 0.338 e. The molecule has 0 bridgehead atoms. The van der Waals surface area contributed by atoms with Crippen molar-refractivity contribution in [1.29, 1.82) is 0 Å². The number of ether oxygens (including phenoxy) is 1. The molecule has 1 aromatic carbocycles. The molecule has 0 fully saturated rings. The van der Waals surface area contributed by atoms with E-state index in [1.54, 1.807) is 49.5 Å². The van der Waals surface area contributed by atoms with Gasteiger partial charge in [-0.25, -0.2) is 4.79 Å². The highest BCUT2D eigenvalue weighted by atomic mass is 16.5. The molecule has 1 amide bonds. The van der Waals surface area contributed by atoms with Gasteiger partial charge in [0, 0.05) is 17.6 Å². The fraction of sp³-hybridized carbons (Fsp3) is 0.188. The lowest BCUT2D eigenvalue weighted by Gasteiger charge is -2.06. The van der Waals surface area contributed by atoms with Crippen LogP contribution in [-0.4, -0.2) is 23.5 Å². The minimum Gasteiger partial charge on any atom is -0.462 e. The van der Waals surface area contributed by atoms with Gasteiger partial charge >= 0.3 is 5.97 Å². The normalized spacial score (nSPS) is 9.95. The SMILES string of the molecule is CCOC(=O)c1ccc(NC(=O)Cc2ccccn2)cc1. The molecule has 0 aliphatic carbocycles. The number of hydrogen-bond donors (Lipinski definition) is 1. The van der Waals surface area contributed by atoms with Gasteiger partial charge in [0.2, 0.25) is 5.91 Å². The van der Waals surface area contributed by atoms with Crippen LogP contribution in [-0.2, 0) is 16.0 Å². The maximum atomic E-state index is 11.9. The molecule has 0 saturated carbocycles. The Morgan fingerprint density at radius 2 is 1.90 bits per heavy atom. The molecule has 0 aliphatic rings. The maximum absolute atomic E-state index is 11.9. The second kappa shape index (κ2) is 7.19. The molecule has 2 rings (SSSR count). The van der Waals surface area contributed by atoms with Gasteiger partial charge in [-0.05, 0) is 43.3 Å². The topological polar surface area (TPSA) is 68.3 Å². The second-order valence-electron chi connectivity index (χ2n) is 4.34. The highest BCUT2D eigenvalue weighted by molar-refractivity contribution is 5.93. The first-order chi connectivity index (χ1) is 10.2. The van der Waals surface area contributed by atoms with Crippen LogP contribution >= 0.6 is 0 Å². The molecule has 0 spiro atoms. The summed E-state index contributed by atoms with van der Waals surface area (Å²) in [7, 11) is 0. The molecule has 1 N–H and O–H groups in total. The van der Waals surface area contributed by atoms with Crippen molar-refractivity contribution >= 4 is 17.6 Å². The predicted octanol–water partition coefficient (Wildman–Crippen LogP) is 2.44. The lowest BCUT2D eigenvalue weighted by molar-refractivity contribution is -0.115. The molecule has 0 saturated heterocycles. The number of benzene rings is 1. The van der Waals surface area contributed by atoms with Crippen LogP contribution in [0.4, 0.5) is 5.69 Å². The van der Waals surface area contributed by atoms with E-state index in [9.17, 15) is 9.59 Å². The number of hydrogen-bond acceptors (Lipinski definition) is 4. The van der Waals surface area contributed by atoms with Gasteiger partial charge in [-0.2, -0.15) is 0 Å². The molecule has 5 nitrogen and oxygen atoms in total. The summed E-state index contributed by atoms with van der Waals surface area (Å²) in [4.78, 5) is 27.5. The average Bonchev–Trinajstić information content (AvgIpc) is 2.49. The second-order valence-corrected chi connectivity index (χ2v) is 4.34. The number of carbonyl (C=O) groups is 2. The summed E-state index contributed by atoms with van der Waals surface area (Å²) in [5, 5.41) is 2.76. The van der Waals surface area contributed by atoms with E-state index in [2.05, 4.69) is 10.3 Å². The van der Waals surface area contributed by atoms with Gasteiger partial charge in [0.05, 0.1) is 18.6 Å². The van der Waals surface area contributed by atoms with E-state index in [1.807, 2.05) is 6.07 Å². The third-order valence-corrected chi connectivity index (χ3v) is 2.75. The number of rotatable bonds is 5. The first kappa shape index (κ1) is 14.7. The lowest BCUT2D eigenvalue weighted by atomic mass is 10.2. The zero-order valence-corrected chi connectivity index (χ0v) is 11.7. The Balaban J connectivity index is 1.94. The van der Waals surface area contributed by atoms with Crippen LogP contribution in [0.3, 0.4) is 0 Å². The van der Waals surface area contributed by atoms with Crippen molar-refractivity contribution in [2.75, 3.05) is 11.9 Å². The third-order valence-electron chi connectivity index (χ3n) is 2.75. The molecular formula is C16H16N2O3. The van der Waals surface area contributed by atoms with E-state index in [4.69, 9.17) is 4.74 Å². The van der Waals surface area contributed by atoms with Crippen molar-refractivity contribution in [3.63, 3.8) is 0 Å². The van der Waals surface area contributed by atoms with Crippen LogP contribution in [0.15, 0.2) is 48.7 Å². The molecule has 21 heavy (non-hydrogen) atoms. The lowest BCUT2D eigenvalue weighted by Crippen LogP contribution is -2.15. The maximum Gasteiger partial charge on any atom is 0.338 e. The summed E-state index contributed by atoms with van der Waals surface area (Å²) in [6, 6.07) is 12.0. The van der Waals surface area contributed by atoms with Crippen molar-refractivity contribution in [2.24, 2.45) is 0 Å². The number of anilines is 1. The van der Waals surface area contributed by atoms with Crippen molar-refractivity contribution in [2.45, 2.75) is 13.3 Å². The van der Waals surface area contributed by atoms with Crippen molar-refractivity contribution in [3.05, 3.63) is 59.9 Å². The van der Waals surface area contributed by atoms with E-state index < -0.39 is 0 Å². The highest BCUT2D eigenvalue weighted by Crippen LogP contribution is 2.11. The Hall–Kier alpha value is -2.69. The molecule has 5 heteroatoms. The largest absolute Gasteiger partial charge is 0.462 e. The monoisotopic (exact) mass is 284 g/mol. The molecular weight excluding hydrogens is 268 g/mol. The molecule has 108 valence electrons. The fourth-order valence-corrected chi connectivity index (χ4v) is 1.78. The van der Waals surface area contributed by atoms with Gasteiger partial charge in [0.25, 0.3) is 0 Å². The number of carbonyl (C=O) groups excluding carboxylic acids is 2. The van der Waals surface area contributed by atoms with Crippen LogP contribution in [0, 0.1) is 0 Å². The van der Waals surface area contributed by atoms with E-state index in [-0.39, 0.29) is 18.3 Å². The highest BCUT2D eigenvalue weighted by Gasteiger charge is 2.08. The summed E-state index contributed by atoms with van der Waals surface area (Å²) >= 11 is 0. The minimum absolute atomic E-state index is 0.155. The van der Waals surface area contributed by atoms with Gasteiger partial charge < -0.3 is 10.1 Å². The van der Waals surface area contributed by atoms with E-state index >= 15 is 0 Å². The predicted molar refractivity (Wildman–Crippen MR) is 79.0 cm³/mol. The van der Waals surface area contributed by atoms with Gasteiger partial charge in [-0.15, -0.1) is 0 Å². The number of aromatic nitrogens is 1. The summed E-state index contributed by atoms with van der Waals surface area (Å²) in [6.07, 6.45) is 1.86. The molecule has 0 radical (unpaired) electrons. The summed E-state index contributed by atoms with van der Waals surface area (Å²) < 4.78 is 4.89. The Morgan fingerprint density at radius 3 is 2.52 bits per heavy atom. The number of nitrogens with zero attached hydrogens (tertiary/aromatic N) is 1. The van der Waals surface area contributed by atoms with Crippen molar-refractivity contribution in [1.82, 2.24) is 4.98 Å². The zero-order valence-electron chi connectivity index (χ0n) is 11.7. The van der Waals surface area contributed by atoms with Crippen LogP contribution < -0.4 is 5.32 Å². The van der Waals surface area contributed by atoms with Gasteiger partial charge in [-0.1, -0.05) is 6.07 Å². The van der Waals surface area contributed by atoms with Crippen molar-refractivity contribution < 1.29 is 14.3 Å². The van der Waals surface area contributed by atoms with Crippen LogP contribution in [0.5, 0.6) is 0 Å². The third kappa shape index (κ3) is 4.42. The first-order valence-electron chi connectivity index (χ1n) is 6.66. The summed E-state index contributed by atoms with van der Waals surface area (Å²) in [5.74, 6) is -0.526. The Kier molecular flexibility index (Phi) is 5.04. The van der Waals surface area contributed by atoms with E-state index in [0.717, 1.165) is 0 Å². The van der Waals surface area contributed by atoms with E-state index in [0.29, 0.717) is 23.6 Å². The van der Waals surface area contributed by atoms with Crippen molar-refractivity contribution in [3.8, 4) is 0 Å². The number of amides is 1. The fourth-order valence-electron chi connectivity index (χ4n) is 1.78. The number of nitrogens with one attached hydrogen (secondary N) is 1. The standard InChI is InChI=1S/C16H16N2O3/c1-2-21-16(20)12-6-8-13(9-7-12)18-15(19)11-14-5-3-4-10-17-14/h3-10H,2,11H2,1H3,(H,18,19). The Labute approximate surface area is 123 Å². The van der Waals surface area contributed by atoms with Gasteiger partial charge in [0.1, 0.15) is 0 Å². The first-order valence-corrected chi connectivity index (χ1v) is 6.66. The van der Waals surface area contributed by atoms with Gasteiger partial charge in [-0.3, -0.25) is 9.78 Å². The Bertz CT molecular complexity index is 609. The van der Waals surface area contributed by atoms with Crippen LogP contribution in [0.1, 0.15) is 23.0 Å².